The van der Waals surface area contributed by atoms with E-state index in [0.29, 0.717) is 18.7 Å². The maximum Gasteiger partial charge on any atom is 0.394 e. The largest absolute Gasteiger partial charge is 0.478 e. The van der Waals surface area contributed by atoms with Crippen LogP contribution in [0.1, 0.15) is 20.8 Å². The third kappa shape index (κ3) is 1.99. The first-order chi connectivity index (χ1) is 8.00. The highest BCUT2D eigenvalue weighted by atomic mass is 32.1. The Balaban J connectivity index is 2.38. The van der Waals surface area contributed by atoms with Crippen molar-refractivity contribution in [2.45, 2.75) is 13.1 Å². The fourth-order valence-corrected chi connectivity index (χ4v) is 2.79. The molecule has 8 heteroatoms. The molecule has 0 spiro atoms. The van der Waals surface area contributed by atoms with Gasteiger partial charge in [-0.1, -0.05) is 0 Å². The van der Waals surface area contributed by atoms with Crippen molar-refractivity contribution in [3.8, 4) is 0 Å². The molecule has 4 N–H and O–H groups in total. The van der Waals surface area contributed by atoms with Crippen LogP contribution in [0.2, 0.25) is 0 Å². The van der Waals surface area contributed by atoms with Crippen LogP contribution in [0.25, 0.3) is 0 Å². The summed E-state index contributed by atoms with van der Waals surface area (Å²) in [6, 6.07) is 0. The molecule has 0 saturated carbocycles. The Kier molecular flexibility index (Phi) is 2.82. The van der Waals surface area contributed by atoms with E-state index >= 15 is 0 Å². The number of carboxylic acids is 2. The minimum absolute atomic E-state index is 0.0235. The zero-order valence-electron chi connectivity index (χ0n) is 8.44. The van der Waals surface area contributed by atoms with Gasteiger partial charge in [-0.3, -0.25) is 4.79 Å². The fraction of sp³-hybridized carbons (Fsp3) is 0.222. The summed E-state index contributed by atoms with van der Waals surface area (Å²) in [4.78, 5) is 33.3. The average Bonchev–Trinajstić information content (AvgIpc) is 2.75. The number of anilines is 1. The Morgan fingerprint density at radius 3 is 2.53 bits per heavy atom. The Labute approximate surface area is 99.1 Å². The molecule has 2 heterocycles. The number of aromatic carboxylic acids is 1. The molecular formula is C9H8N2O5S. The highest BCUT2D eigenvalue weighted by molar-refractivity contribution is 7.17. The van der Waals surface area contributed by atoms with E-state index in [1.165, 1.54) is 0 Å². The zero-order valence-corrected chi connectivity index (χ0v) is 9.26. The molecule has 0 radical (unpaired) electrons. The van der Waals surface area contributed by atoms with Gasteiger partial charge in [0.15, 0.2) is 0 Å². The highest BCUT2D eigenvalue weighted by Crippen LogP contribution is 2.36. The molecule has 1 aromatic rings. The van der Waals surface area contributed by atoms with Crippen LogP contribution in [0.5, 0.6) is 0 Å². The molecule has 0 saturated heterocycles. The van der Waals surface area contributed by atoms with Crippen LogP contribution in [0.3, 0.4) is 0 Å². The lowest BCUT2D eigenvalue weighted by Crippen LogP contribution is -2.22. The van der Waals surface area contributed by atoms with Crippen LogP contribution in [0.15, 0.2) is 0 Å². The summed E-state index contributed by atoms with van der Waals surface area (Å²) >= 11 is 1.08. The molecule has 0 aromatic carbocycles. The molecule has 0 aliphatic carbocycles. The lowest BCUT2D eigenvalue weighted by molar-refractivity contribution is -0.147. The third-order valence-corrected chi connectivity index (χ3v) is 3.46. The summed E-state index contributed by atoms with van der Waals surface area (Å²) in [5, 5.41) is 22.7. The van der Waals surface area contributed by atoms with Crippen molar-refractivity contribution < 1.29 is 24.6 Å². The topological polar surface area (TPSA) is 116 Å². The van der Waals surface area contributed by atoms with E-state index in [0.717, 1.165) is 16.2 Å². The lowest BCUT2D eigenvalue weighted by Gasteiger charge is -2.02. The number of aliphatic carboxylic acids is 1. The molecule has 1 aromatic heterocycles. The molecular weight excluding hydrogens is 248 g/mol. The monoisotopic (exact) mass is 256 g/mol. The Morgan fingerprint density at radius 1 is 1.24 bits per heavy atom. The number of amides is 1. The van der Waals surface area contributed by atoms with Crippen LogP contribution in [0, 0.1) is 0 Å². The predicted octanol–water partition coefficient (Wildman–Crippen LogP) is 0.0726. The number of carboxylic acid groups (broad SMARTS) is 2. The van der Waals surface area contributed by atoms with Gasteiger partial charge in [0.1, 0.15) is 5.00 Å². The normalized spacial score (nSPS) is 13.2. The number of hydrogen-bond acceptors (Lipinski definition) is 5. The number of thiophene rings is 1. The molecule has 0 bridgehead atoms. The van der Waals surface area contributed by atoms with Crippen molar-refractivity contribution in [3.05, 3.63) is 16.0 Å². The van der Waals surface area contributed by atoms with Crippen LogP contribution in [-0.4, -0.2) is 28.1 Å². The second kappa shape index (κ2) is 4.15. The Morgan fingerprint density at radius 2 is 1.94 bits per heavy atom. The van der Waals surface area contributed by atoms with Crippen LogP contribution in [0.4, 0.5) is 5.00 Å². The van der Waals surface area contributed by atoms with Gasteiger partial charge in [0.05, 0.1) is 5.56 Å². The van der Waals surface area contributed by atoms with Crippen molar-refractivity contribution in [1.82, 2.24) is 5.32 Å². The van der Waals surface area contributed by atoms with Crippen LogP contribution in [-0.2, 0) is 22.7 Å². The lowest BCUT2D eigenvalue weighted by atomic mass is 10.1. The van der Waals surface area contributed by atoms with Gasteiger partial charge >= 0.3 is 17.8 Å². The number of hydrogen-bond donors (Lipinski definition) is 4. The molecule has 0 unspecified atom stereocenters. The summed E-state index contributed by atoms with van der Waals surface area (Å²) in [6.45, 7) is 0.944. The summed E-state index contributed by atoms with van der Waals surface area (Å²) in [7, 11) is 0. The summed E-state index contributed by atoms with van der Waals surface area (Å²) in [6.07, 6.45) is 0. The van der Waals surface area contributed by atoms with E-state index in [-0.39, 0.29) is 10.6 Å². The summed E-state index contributed by atoms with van der Waals surface area (Å²) < 4.78 is 0. The van der Waals surface area contributed by atoms with E-state index in [2.05, 4.69) is 10.6 Å². The van der Waals surface area contributed by atoms with E-state index in [9.17, 15) is 14.4 Å². The number of fused-ring (bicyclic) bond motifs is 1. The average molecular weight is 256 g/mol. The van der Waals surface area contributed by atoms with Crippen LogP contribution < -0.4 is 10.6 Å². The third-order valence-electron chi connectivity index (χ3n) is 2.31. The molecule has 17 heavy (non-hydrogen) atoms. The van der Waals surface area contributed by atoms with Crippen molar-refractivity contribution in [2.75, 3.05) is 5.32 Å². The van der Waals surface area contributed by atoms with Gasteiger partial charge in [-0.2, -0.15) is 0 Å². The highest BCUT2D eigenvalue weighted by Gasteiger charge is 2.27. The molecule has 90 valence electrons. The number of carbonyl (C=O) groups is 3. The maximum absolute atomic E-state index is 11.1. The van der Waals surface area contributed by atoms with Gasteiger partial charge < -0.3 is 20.8 Å². The maximum atomic E-state index is 11.1. The number of carbonyl (C=O) groups excluding carboxylic acids is 1. The zero-order chi connectivity index (χ0) is 12.6. The molecule has 1 amide bonds. The molecule has 2 rings (SSSR count). The quantitative estimate of drug-likeness (QED) is 0.557. The van der Waals surface area contributed by atoms with E-state index < -0.39 is 17.8 Å². The first-order valence-corrected chi connectivity index (χ1v) is 5.45. The number of rotatable bonds is 2. The number of nitrogens with one attached hydrogen (secondary N) is 2. The SMILES string of the molecule is O=C(O)C(=O)Nc1sc2c(c1C(=O)O)CNC2. The van der Waals surface area contributed by atoms with Crippen molar-refractivity contribution in [2.24, 2.45) is 0 Å². The summed E-state index contributed by atoms with van der Waals surface area (Å²) in [5.74, 6) is -4.06. The minimum atomic E-state index is -1.65. The van der Waals surface area contributed by atoms with E-state index in [4.69, 9.17) is 10.2 Å². The first-order valence-electron chi connectivity index (χ1n) is 4.63. The molecule has 1 aliphatic rings. The van der Waals surface area contributed by atoms with Crippen LogP contribution >= 0.6 is 11.3 Å². The molecule has 7 nitrogen and oxygen atoms in total. The first kappa shape index (κ1) is 11.6. The van der Waals surface area contributed by atoms with Gasteiger partial charge in [0, 0.05) is 18.0 Å². The van der Waals surface area contributed by atoms with Gasteiger partial charge in [-0.05, 0) is 5.56 Å². The summed E-state index contributed by atoms with van der Waals surface area (Å²) in [5.41, 5.74) is 0.591. The molecule has 1 aliphatic heterocycles. The van der Waals surface area contributed by atoms with Gasteiger partial charge in [-0.25, -0.2) is 9.59 Å². The van der Waals surface area contributed by atoms with Gasteiger partial charge in [-0.15, -0.1) is 11.3 Å². The standard InChI is InChI=1S/C9H8N2O5S/c12-6(9(15)16)11-7-5(8(13)14)3-1-10-2-4(3)17-7/h10H,1-2H2,(H,11,12)(H,13,14)(H,15,16). The van der Waals surface area contributed by atoms with Gasteiger partial charge in [0.25, 0.3) is 0 Å². The van der Waals surface area contributed by atoms with E-state index in [1.807, 2.05) is 0 Å². The Hall–Kier alpha value is -1.93. The smallest absolute Gasteiger partial charge is 0.394 e. The van der Waals surface area contributed by atoms with Gasteiger partial charge in [0.2, 0.25) is 0 Å². The predicted molar refractivity (Wildman–Crippen MR) is 58.1 cm³/mol. The molecule has 0 atom stereocenters. The Bertz CT molecular complexity index is 522. The second-order valence-electron chi connectivity index (χ2n) is 3.38. The molecule has 0 fully saturated rings. The van der Waals surface area contributed by atoms with Crippen molar-refractivity contribution in [3.63, 3.8) is 0 Å². The van der Waals surface area contributed by atoms with Crippen molar-refractivity contribution in [1.29, 1.82) is 0 Å². The minimum Gasteiger partial charge on any atom is -0.478 e. The fourth-order valence-electron chi connectivity index (χ4n) is 1.61. The second-order valence-corrected chi connectivity index (χ2v) is 4.48. The van der Waals surface area contributed by atoms with E-state index in [1.54, 1.807) is 0 Å². The van der Waals surface area contributed by atoms with Crippen molar-refractivity contribution >= 4 is 34.2 Å².